The van der Waals surface area contributed by atoms with E-state index in [1.54, 1.807) is 21.7 Å². The maximum Gasteiger partial charge on any atom is 0.320 e. The fraction of sp³-hybridized carbons (Fsp3) is 0.550. The average molecular weight is 373 g/mol. The molecular weight excluding hydrogens is 346 g/mol. The van der Waals surface area contributed by atoms with Gasteiger partial charge in [-0.05, 0) is 24.8 Å². The Kier molecular flexibility index (Phi) is 5.98. The molecule has 0 radical (unpaired) electrons. The quantitative estimate of drug-likeness (QED) is 0.874. The second kappa shape index (κ2) is 8.41. The molecule has 0 bridgehead atoms. The molecule has 1 heterocycles. The molecule has 1 N–H and O–H groups in total. The minimum atomic E-state index is -0.804. The van der Waals surface area contributed by atoms with E-state index in [4.69, 9.17) is 5.11 Å². The van der Waals surface area contributed by atoms with Gasteiger partial charge in [0.05, 0.1) is 5.92 Å². The normalized spacial score (nSPS) is 22.6. The number of nitrogens with zero attached hydrogens (tertiary/aromatic N) is 3. The highest BCUT2D eigenvalue weighted by atomic mass is 16.4. The van der Waals surface area contributed by atoms with E-state index in [9.17, 15) is 14.4 Å². The third-order valence-corrected chi connectivity index (χ3v) is 5.58. The number of carboxylic acids is 1. The molecule has 0 unspecified atom stereocenters. The SMILES string of the molecule is CN(Cc1ccccc1)C(=O)N1CCN(C(=O)[C@@H]2CC[C@H](C(=O)O)C2)CC1. The number of carbonyl (C=O) groups excluding carboxylic acids is 2. The van der Waals surface area contributed by atoms with Crippen LogP contribution in [0.4, 0.5) is 4.79 Å². The summed E-state index contributed by atoms with van der Waals surface area (Å²) in [4.78, 5) is 41.6. The number of hydrogen-bond donors (Lipinski definition) is 1. The molecule has 27 heavy (non-hydrogen) atoms. The molecule has 1 saturated carbocycles. The highest BCUT2D eigenvalue weighted by Gasteiger charge is 2.37. The molecule has 0 spiro atoms. The van der Waals surface area contributed by atoms with Crippen LogP contribution in [0.5, 0.6) is 0 Å². The first-order chi connectivity index (χ1) is 13.0. The summed E-state index contributed by atoms with van der Waals surface area (Å²) in [5, 5.41) is 9.10. The Balaban J connectivity index is 1.47. The predicted octanol–water partition coefficient (Wildman–Crippen LogP) is 1.88. The molecular formula is C20H27N3O4. The van der Waals surface area contributed by atoms with E-state index in [-0.39, 0.29) is 17.9 Å². The van der Waals surface area contributed by atoms with Crippen molar-refractivity contribution in [1.82, 2.24) is 14.7 Å². The summed E-state index contributed by atoms with van der Waals surface area (Å²) in [5.74, 6) is -1.34. The molecule has 1 saturated heterocycles. The summed E-state index contributed by atoms with van der Waals surface area (Å²) in [5.41, 5.74) is 1.08. The van der Waals surface area contributed by atoms with Gasteiger partial charge < -0.3 is 19.8 Å². The molecule has 146 valence electrons. The van der Waals surface area contributed by atoms with Gasteiger partial charge in [0.25, 0.3) is 0 Å². The van der Waals surface area contributed by atoms with Gasteiger partial charge in [-0.1, -0.05) is 30.3 Å². The van der Waals surface area contributed by atoms with Crippen molar-refractivity contribution in [2.75, 3.05) is 33.2 Å². The number of benzene rings is 1. The number of carboxylic acid groups (broad SMARTS) is 1. The van der Waals surface area contributed by atoms with Crippen molar-refractivity contribution in [3.05, 3.63) is 35.9 Å². The predicted molar refractivity (Wildman–Crippen MR) is 99.9 cm³/mol. The zero-order valence-corrected chi connectivity index (χ0v) is 15.7. The van der Waals surface area contributed by atoms with Crippen molar-refractivity contribution in [2.24, 2.45) is 11.8 Å². The standard InChI is InChI=1S/C20H27N3O4/c1-21(14-15-5-3-2-4-6-15)20(27)23-11-9-22(10-12-23)18(24)16-7-8-17(13-16)19(25)26/h2-6,16-17H,7-14H2,1H3,(H,25,26)/t16-,17+/m1/s1. The zero-order valence-electron chi connectivity index (χ0n) is 15.7. The number of hydrogen-bond acceptors (Lipinski definition) is 3. The second-order valence-electron chi connectivity index (χ2n) is 7.48. The minimum absolute atomic E-state index is 0.0299. The van der Waals surface area contributed by atoms with Crippen molar-refractivity contribution >= 4 is 17.9 Å². The van der Waals surface area contributed by atoms with E-state index >= 15 is 0 Å². The molecule has 2 aliphatic rings. The van der Waals surface area contributed by atoms with Crippen LogP contribution in [0.1, 0.15) is 24.8 Å². The molecule has 2 atom stereocenters. The van der Waals surface area contributed by atoms with Crippen molar-refractivity contribution < 1.29 is 19.5 Å². The Labute approximate surface area is 159 Å². The Morgan fingerprint density at radius 1 is 1.00 bits per heavy atom. The Hall–Kier alpha value is -2.57. The van der Waals surface area contributed by atoms with Crippen LogP contribution in [0.25, 0.3) is 0 Å². The lowest BCUT2D eigenvalue weighted by Crippen LogP contribution is -2.54. The summed E-state index contributed by atoms with van der Waals surface area (Å²) in [6, 6.07) is 9.81. The third-order valence-electron chi connectivity index (χ3n) is 5.58. The third kappa shape index (κ3) is 4.59. The van der Waals surface area contributed by atoms with Crippen LogP contribution in [0.15, 0.2) is 30.3 Å². The fourth-order valence-corrected chi connectivity index (χ4v) is 3.97. The molecule has 3 amide bonds. The Bertz CT molecular complexity index is 686. The van der Waals surface area contributed by atoms with E-state index in [1.807, 2.05) is 30.3 Å². The van der Waals surface area contributed by atoms with Gasteiger partial charge in [-0.15, -0.1) is 0 Å². The van der Waals surface area contributed by atoms with Crippen LogP contribution in [-0.2, 0) is 16.1 Å². The molecule has 0 aromatic heterocycles. The average Bonchev–Trinajstić information content (AvgIpc) is 3.18. The van der Waals surface area contributed by atoms with Gasteiger partial charge in [-0.2, -0.15) is 0 Å². The number of piperazine rings is 1. The van der Waals surface area contributed by atoms with Gasteiger partial charge in [0.1, 0.15) is 0 Å². The first-order valence-electron chi connectivity index (χ1n) is 9.51. The van der Waals surface area contributed by atoms with Gasteiger partial charge in [0.2, 0.25) is 5.91 Å². The molecule has 2 fully saturated rings. The molecule has 7 heteroatoms. The number of aliphatic carboxylic acids is 1. The summed E-state index contributed by atoms with van der Waals surface area (Å²) < 4.78 is 0. The van der Waals surface area contributed by atoms with Gasteiger partial charge in [0, 0.05) is 45.7 Å². The van der Waals surface area contributed by atoms with E-state index in [0.717, 1.165) is 5.56 Å². The molecule has 1 aromatic rings. The van der Waals surface area contributed by atoms with Gasteiger partial charge in [-0.25, -0.2) is 4.79 Å². The first kappa shape index (κ1) is 19.2. The van der Waals surface area contributed by atoms with E-state index in [0.29, 0.717) is 52.0 Å². The molecule has 1 aliphatic carbocycles. The summed E-state index contributed by atoms with van der Waals surface area (Å²) in [6.07, 6.45) is 1.66. The van der Waals surface area contributed by atoms with Gasteiger partial charge in [-0.3, -0.25) is 9.59 Å². The molecule has 1 aromatic carbocycles. The second-order valence-corrected chi connectivity index (χ2v) is 7.48. The van der Waals surface area contributed by atoms with E-state index in [1.165, 1.54) is 0 Å². The molecule has 1 aliphatic heterocycles. The molecule has 3 rings (SSSR count). The maximum atomic E-state index is 12.6. The van der Waals surface area contributed by atoms with E-state index < -0.39 is 11.9 Å². The Morgan fingerprint density at radius 2 is 1.59 bits per heavy atom. The summed E-state index contributed by atoms with van der Waals surface area (Å²) in [6.45, 7) is 2.60. The van der Waals surface area contributed by atoms with Crippen LogP contribution in [0.3, 0.4) is 0 Å². The van der Waals surface area contributed by atoms with Crippen LogP contribution in [0.2, 0.25) is 0 Å². The van der Waals surface area contributed by atoms with Crippen LogP contribution in [0, 0.1) is 11.8 Å². The van der Waals surface area contributed by atoms with Crippen molar-refractivity contribution in [1.29, 1.82) is 0 Å². The van der Waals surface area contributed by atoms with Gasteiger partial charge >= 0.3 is 12.0 Å². The van der Waals surface area contributed by atoms with Crippen LogP contribution >= 0.6 is 0 Å². The van der Waals surface area contributed by atoms with Gasteiger partial charge in [0.15, 0.2) is 0 Å². The van der Waals surface area contributed by atoms with E-state index in [2.05, 4.69) is 0 Å². The van der Waals surface area contributed by atoms with Crippen molar-refractivity contribution in [3.8, 4) is 0 Å². The number of rotatable bonds is 4. The zero-order chi connectivity index (χ0) is 19.4. The molecule has 7 nitrogen and oxygen atoms in total. The number of carbonyl (C=O) groups is 3. The van der Waals surface area contributed by atoms with Crippen LogP contribution < -0.4 is 0 Å². The monoisotopic (exact) mass is 373 g/mol. The highest BCUT2D eigenvalue weighted by Crippen LogP contribution is 2.32. The lowest BCUT2D eigenvalue weighted by molar-refractivity contribution is -0.141. The smallest absolute Gasteiger partial charge is 0.320 e. The number of urea groups is 1. The Morgan fingerprint density at radius 3 is 2.19 bits per heavy atom. The largest absolute Gasteiger partial charge is 0.481 e. The van der Waals surface area contributed by atoms with Crippen molar-refractivity contribution in [2.45, 2.75) is 25.8 Å². The fourth-order valence-electron chi connectivity index (χ4n) is 3.97. The topological polar surface area (TPSA) is 81.2 Å². The lowest BCUT2D eigenvalue weighted by Gasteiger charge is -2.37. The highest BCUT2D eigenvalue weighted by molar-refractivity contribution is 5.81. The minimum Gasteiger partial charge on any atom is -0.481 e. The van der Waals surface area contributed by atoms with Crippen molar-refractivity contribution in [3.63, 3.8) is 0 Å². The summed E-state index contributed by atoms with van der Waals surface area (Å²) in [7, 11) is 1.79. The van der Waals surface area contributed by atoms with Crippen LogP contribution in [-0.4, -0.2) is 70.9 Å². The first-order valence-corrected chi connectivity index (χ1v) is 9.51. The lowest BCUT2D eigenvalue weighted by atomic mass is 10.0. The maximum absolute atomic E-state index is 12.6. The number of amides is 3. The summed E-state index contributed by atoms with van der Waals surface area (Å²) >= 11 is 0.